The van der Waals surface area contributed by atoms with Crippen LogP contribution in [0.4, 0.5) is 0 Å². The van der Waals surface area contributed by atoms with Gasteiger partial charge in [-0.25, -0.2) is 0 Å². The van der Waals surface area contributed by atoms with Gasteiger partial charge in [-0.05, 0) is 47.2 Å². The molecule has 0 bridgehead atoms. The first-order chi connectivity index (χ1) is 9.84. The topological polar surface area (TPSA) is 17.1 Å². The summed E-state index contributed by atoms with van der Waals surface area (Å²) in [4.78, 5) is 13.9. The second kappa shape index (κ2) is 8.46. The molecular formula is C17H14OS2. The monoisotopic (exact) mass is 298 g/mol. The second-order valence-corrected chi connectivity index (χ2v) is 5.83. The molecule has 0 spiro atoms. The number of hydrogen-bond donors (Lipinski definition) is 0. The lowest BCUT2D eigenvalue weighted by Crippen LogP contribution is -1.82. The van der Waals surface area contributed by atoms with Gasteiger partial charge in [0.25, 0.3) is 0 Å². The predicted octanol–water partition coefficient (Wildman–Crippen LogP) is 5.17. The van der Waals surface area contributed by atoms with Gasteiger partial charge in [-0.2, -0.15) is 0 Å². The van der Waals surface area contributed by atoms with Crippen LogP contribution in [-0.4, -0.2) is 5.78 Å². The Morgan fingerprint density at radius 2 is 1.10 bits per heavy atom. The molecule has 0 heterocycles. The highest BCUT2D eigenvalue weighted by atomic mass is 32.2. The van der Waals surface area contributed by atoms with Crippen LogP contribution in [0.25, 0.3) is 0 Å². The first-order valence-electron chi connectivity index (χ1n) is 6.15. The van der Waals surface area contributed by atoms with E-state index in [1.807, 2.05) is 71.5 Å². The van der Waals surface area contributed by atoms with Gasteiger partial charge in [0, 0.05) is 9.79 Å². The van der Waals surface area contributed by atoms with Gasteiger partial charge in [0.05, 0.1) is 0 Å². The van der Waals surface area contributed by atoms with Crippen LogP contribution in [0, 0.1) is 0 Å². The SMILES string of the molecule is O=C(C=CSc1ccccc1)C=CSc1ccccc1. The number of allylic oxidation sites excluding steroid dienone is 2. The van der Waals surface area contributed by atoms with Crippen LogP contribution in [0.5, 0.6) is 0 Å². The zero-order valence-corrected chi connectivity index (χ0v) is 12.4. The van der Waals surface area contributed by atoms with E-state index < -0.39 is 0 Å². The van der Waals surface area contributed by atoms with E-state index in [1.165, 1.54) is 23.5 Å². The molecular weight excluding hydrogens is 284 g/mol. The molecule has 0 aliphatic carbocycles. The van der Waals surface area contributed by atoms with Gasteiger partial charge in [0.15, 0.2) is 5.78 Å². The third-order valence-electron chi connectivity index (χ3n) is 2.36. The fraction of sp³-hybridized carbons (Fsp3) is 0. The van der Waals surface area contributed by atoms with E-state index in [4.69, 9.17) is 0 Å². The maximum atomic E-state index is 11.6. The number of thioether (sulfide) groups is 2. The molecule has 20 heavy (non-hydrogen) atoms. The van der Waals surface area contributed by atoms with E-state index in [2.05, 4.69) is 0 Å². The highest BCUT2D eigenvalue weighted by Gasteiger charge is 1.91. The van der Waals surface area contributed by atoms with Gasteiger partial charge in [0.1, 0.15) is 0 Å². The van der Waals surface area contributed by atoms with Crippen molar-refractivity contribution in [3.8, 4) is 0 Å². The number of ketones is 1. The summed E-state index contributed by atoms with van der Waals surface area (Å²) in [6.45, 7) is 0. The van der Waals surface area contributed by atoms with Crippen molar-refractivity contribution in [1.29, 1.82) is 0 Å². The molecule has 1 nitrogen and oxygen atoms in total. The molecule has 0 aromatic heterocycles. The minimum atomic E-state index is -0.00291. The van der Waals surface area contributed by atoms with Crippen LogP contribution in [0.2, 0.25) is 0 Å². The van der Waals surface area contributed by atoms with E-state index in [0.29, 0.717) is 0 Å². The lowest BCUT2D eigenvalue weighted by molar-refractivity contribution is -0.110. The Bertz CT molecular complexity index is 535. The third-order valence-corrected chi connectivity index (χ3v) is 3.99. The number of carbonyl (C=O) groups is 1. The first kappa shape index (κ1) is 14.7. The van der Waals surface area contributed by atoms with E-state index in [9.17, 15) is 4.79 Å². The molecule has 0 amide bonds. The molecule has 2 aromatic carbocycles. The maximum absolute atomic E-state index is 11.6. The fourth-order valence-corrected chi connectivity index (χ4v) is 2.76. The van der Waals surface area contributed by atoms with Gasteiger partial charge in [-0.15, -0.1) is 0 Å². The average Bonchev–Trinajstić information content (AvgIpc) is 2.49. The summed E-state index contributed by atoms with van der Waals surface area (Å²) >= 11 is 3.07. The molecule has 0 aliphatic heterocycles. The molecule has 2 rings (SSSR count). The van der Waals surface area contributed by atoms with Crippen LogP contribution in [0.15, 0.2) is 93.4 Å². The van der Waals surface area contributed by atoms with Gasteiger partial charge in [0.2, 0.25) is 0 Å². The number of hydrogen-bond acceptors (Lipinski definition) is 3. The minimum Gasteiger partial charge on any atom is -0.290 e. The standard InChI is InChI=1S/C17H14OS2/c18-15(11-13-19-16-7-3-1-4-8-16)12-14-20-17-9-5-2-6-10-17/h1-14H. The van der Waals surface area contributed by atoms with E-state index >= 15 is 0 Å². The Hall–Kier alpha value is -1.71. The Kier molecular flexibility index (Phi) is 6.21. The zero-order valence-electron chi connectivity index (χ0n) is 10.8. The van der Waals surface area contributed by atoms with Crippen LogP contribution in [-0.2, 0) is 4.79 Å². The highest BCUT2D eigenvalue weighted by Crippen LogP contribution is 2.19. The molecule has 0 N–H and O–H groups in total. The van der Waals surface area contributed by atoms with Crippen molar-refractivity contribution in [2.45, 2.75) is 9.79 Å². The van der Waals surface area contributed by atoms with Crippen LogP contribution in [0.3, 0.4) is 0 Å². The lowest BCUT2D eigenvalue weighted by atomic mass is 10.4. The molecule has 0 saturated heterocycles. The molecule has 0 saturated carbocycles. The predicted molar refractivity (Wildman–Crippen MR) is 87.9 cm³/mol. The number of benzene rings is 2. The van der Waals surface area contributed by atoms with Crippen molar-refractivity contribution in [1.82, 2.24) is 0 Å². The summed E-state index contributed by atoms with van der Waals surface area (Å²) in [7, 11) is 0. The van der Waals surface area contributed by atoms with Gasteiger partial charge < -0.3 is 0 Å². The smallest absolute Gasteiger partial charge is 0.179 e. The molecule has 2 aromatic rings. The summed E-state index contributed by atoms with van der Waals surface area (Å²) in [6.07, 6.45) is 3.17. The largest absolute Gasteiger partial charge is 0.290 e. The molecule has 0 aliphatic rings. The van der Waals surface area contributed by atoms with Crippen LogP contribution in [0.1, 0.15) is 0 Å². The lowest BCUT2D eigenvalue weighted by Gasteiger charge is -1.93. The van der Waals surface area contributed by atoms with Crippen LogP contribution >= 0.6 is 23.5 Å². The average molecular weight is 298 g/mol. The Morgan fingerprint density at radius 3 is 1.50 bits per heavy atom. The van der Waals surface area contributed by atoms with Crippen LogP contribution < -0.4 is 0 Å². The van der Waals surface area contributed by atoms with Crippen molar-refractivity contribution < 1.29 is 4.79 Å². The van der Waals surface area contributed by atoms with Crippen molar-refractivity contribution in [2.75, 3.05) is 0 Å². The Morgan fingerprint density at radius 1 is 0.700 bits per heavy atom. The maximum Gasteiger partial charge on any atom is 0.179 e. The van der Waals surface area contributed by atoms with Crippen molar-refractivity contribution in [3.63, 3.8) is 0 Å². The third kappa shape index (κ3) is 5.51. The quantitative estimate of drug-likeness (QED) is 0.541. The Balaban J connectivity index is 1.77. The summed E-state index contributed by atoms with van der Waals surface area (Å²) in [6, 6.07) is 19.9. The van der Waals surface area contributed by atoms with Crippen molar-refractivity contribution in [2.24, 2.45) is 0 Å². The first-order valence-corrected chi connectivity index (χ1v) is 7.91. The number of carbonyl (C=O) groups excluding carboxylic acids is 1. The van der Waals surface area contributed by atoms with Crippen molar-refractivity contribution in [3.05, 3.63) is 83.6 Å². The van der Waals surface area contributed by atoms with Gasteiger partial charge in [-0.1, -0.05) is 59.9 Å². The minimum absolute atomic E-state index is 0.00291. The molecule has 100 valence electrons. The Labute approximate surface area is 127 Å². The van der Waals surface area contributed by atoms with E-state index in [1.54, 1.807) is 12.2 Å². The van der Waals surface area contributed by atoms with Crippen molar-refractivity contribution >= 4 is 29.3 Å². The molecule has 0 unspecified atom stereocenters. The normalized spacial score (nSPS) is 11.2. The summed E-state index contributed by atoms with van der Waals surface area (Å²) < 4.78 is 0. The van der Waals surface area contributed by atoms with Gasteiger partial charge in [-0.3, -0.25) is 4.79 Å². The summed E-state index contributed by atoms with van der Waals surface area (Å²) in [5.74, 6) is -0.00291. The number of rotatable bonds is 6. The highest BCUT2D eigenvalue weighted by molar-refractivity contribution is 8.02. The molecule has 3 heteroatoms. The van der Waals surface area contributed by atoms with E-state index in [-0.39, 0.29) is 5.78 Å². The summed E-state index contributed by atoms with van der Waals surface area (Å²) in [5, 5.41) is 3.63. The summed E-state index contributed by atoms with van der Waals surface area (Å²) in [5.41, 5.74) is 0. The molecule has 0 atom stereocenters. The second-order valence-electron chi connectivity index (χ2n) is 3.87. The van der Waals surface area contributed by atoms with Gasteiger partial charge >= 0.3 is 0 Å². The van der Waals surface area contributed by atoms with E-state index in [0.717, 1.165) is 9.79 Å². The molecule has 0 fully saturated rings. The molecule has 0 radical (unpaired) electrons. The fourth-order valence-electron chi connectivity index (χ4n) is 1.41. The zero-order chi connectivity index (χ0) is 14.0.